The molecule has 4 heteroatoms. The van der Waals surface area contributed by atoms with Crippen LogP contribution < -0.4 is 0 Å². The molecular formula is C14H19N3O. The Labute approximate surface area is 107 Å². The van der Waals surface area contributed by atoms with Crippen LogP contribution in [0.4, 0.5) is 0 Å². The van der Waals surface area contributed by atoms with Gasteiger partial charge in [-0.3, -0.25) is 9.48 Å². The fraction of sp³-hybridized carbons (Fsp3) is 0.571. The maximum atomic E-state index is 12.5. The van der Waals surface area contributed by atoms with Crippen molar-refractivity contribution in [3.8, 4) is 0 Å². The minimum atomic E-state index is -0.0210. The molecular weight excluding hydrogens is 226 g/mol. The highest BCUT2D eigenvalue weighted by Crippen LogP contribution is 2.38. The van der Waals surface area contributed by atoms with Gasteiger partial charge in [0.05, 0.1) is 5.54 Å². The first kappa shape index (κ1) is 11.5. The molecule has 1 aliphatic carbocycles. The van der Waals surface area contributed by atoms with Crippen molar-refractivity contribution >= 4 is 5.91 Å². The molecule has 1 aromatic rings. The van der Waals surface area contributed by atoms with E-state index >= 15 is 0 Å². The van der Waals surface area contributed by atoms with Crippen LogP contribution in [0.15, 0.2) is 24.4 Å². The number of hydrogen-bond acceptors (Lipinski definition) is 2. The SMILES string of the molecule is Cn1ccc(C(=O)N2CC=CC23CCCCC3)n1. The minimum Gasteiger partial charge on any atom is -0.324 e. The van der Waals surface area contributed by atoms with Crippen LogP contribution >= 0.6 is 0 Å². The molecule has 0 unspecified atom stereocenters. The summed E-state index contributed by atoms with van der Waals surface area (Å²) < 4.78 is 1.68. The van der Waals surface area contributed by atoms with Crippen molar-refractivity contribution in [3.05, 3.63) is 30.1 Å². The molecule has 1 aliphatic heterocycles. The van der Waals surface area contributed by atoms with Crippen LogP contribution in [0.1, 0.15) is 42.6 Å². The third-order valence-electron chi connectivity index (χ3n) is 4.15. The second-order valence-electron chi connectivity index (χ2n) is 5.36. The summed E-state index contributed by atoms with van der Waals surface area (Å²) in [6.45, 7) is 0.732. The van der Waals surface area contributed by atoms with Gasteiger partial charge in [-0.15, -0.1) is 0 Å². The van der Waals surface area contributed by atoms with Crippen molar-refractivity contribution in [2.24, 2.45) is 7.05 Å². The summed E-state index contributed by atoms with van der Waals surface area (Å²) in [7, 11) is 1.84. The third-order valence-corrected chi connectivity index (χ3v) is 4.15. The van der Waals surface area contributed by atoms with Crippen molar-refractivity contribution in [2.45, 2.75) is 37.6 Å². The Morgan fingerprint density at radius 1 is 1.33 bits per heavy atom. The summed E-state index contributed by atoms with van der Waals surface area (Å²) >= 11 is 0. The number of carbonyl (C=O) groups excluding carboxylic acids is 1. The van der Waals surface area contributed by atoms with Crippen LogP contribution in [-0.2, 0) is 7.05 Å². The first-order valence-corrected chi connectivity index (χ1v) is 6.71. The predicted octanol–water partition coefficient (Wildman–Crippen LogP) is 2.13. The normalized spacial score (nSPS) is 21.7. The molecule has 1 saturated carbocycles. The van der Waals surface area contributed by atoms with E-state index in [9.17, 15) is 4.79 Å². The fourth-order valence-electron chi connectivity index (χ4n) is 3.20. The second kappa shape index (κ2) is 4.26. The summed E-state index contributed by atoms with van der Waals surface area (Å²) in [6.07, 6.45) is 12.1. The molecule has 3 rings (SSSR count). The number of aromatic nitrogens is 2. The van der Waals surface area contributed by atoms with Crippen molar-refractivity contribution in [1.29, 1.82) is 0 Å². The maximum Gasteiger partial charge on any atom is 0.275 e. The zero-order valence-electron chi connectivity index (χ0n) is 10.8. The van der Waals surface area contributed by atoms with Gasteiger partial charge in [0.25, 0.3) is 5.91 Å². The molecule has 18 heavy (non-hydrogen) atoms. The lowest BCUT2D eigenvalue weighted by Crippen LogP contribution is -2.48. The van der Waals surface area contributed by atoms with Gasteiger partial charge >= 0.3 is 0 Å². The molecule has 2 aliphatic rings. The second-order valence-corrected chi connectivity index (χ2v) is 5.36. The molecule has 2 heterocycles. The van der Waals surface area contributed by atoms with Gasteiger partial charge in [-0.05, 0) is 18.9 Å². The van der Waals surface area contributed by atoms with Crippen molar-refractivity contribution in [1.82, 2.24) is 14.7 Å². The van der Waals surface area contributed by atoms with E-state index in [1.165, 1.54) is 19.3 Å². The lowest BCUT2D eigenvalue weighted by Gasteiger charge is -2.40. The van der Waals surface area contributed by atoms with Crippen LogP contribution in [0.2, 0.25) is 0 Å². The quantitative estimate of drug-likeness (QED) is 0.711. The standard InChI is InChI=1S/C14H19N3O/c1-16-11-6-12(15-16)13(18)17-10-5-9-14(17)7-3-2-4-8-14/h5-6,9,11H,2-4,7-8,10H2,1H3. The summed E-state index contributed by atoms with van der Waals surface area (Å²) in [6, 6.07) is 1.80. The monoisotopic (exact) mass is 245 g/mol. The molecule has 1 spiro atoms. The van der Waals surface area contributed by atoms with Crippen molar-refractivity contribution < 1.29 is 4.79 Å². The number of nitrogens with zero attached hydrogens (tertiary/aromatic N) is 3. The average Bonchev–Trinajstić information content (AvgIpc) is 2.97. The van der Waals surface area contributed by atoms with Gasteiger partial charge in [0.2, 0.25) is 0 Å². The lowest BCUT2D eigenvalue weighted by molar-refractivity contribution is 0.0559. The molecule has 0 bridgehead atoms. The van der Waals surface area contributed by atoms with E-state index in [2.05, 4.69) is 17.3 Å². The summed E-state index contributed by atoms with van der Waals surface area (Å²) in [4.78, 5) is 14.6. The van der Waals surface area contributed by atoms with Gasteiger partial charge in [0, 0.05) is 19.8 Å². The molecule has 1 aromatic heterocycles. The van der Waals surface area contributed by atoms with Crippen molar-refractivity contribution in [2.75, 3.05) is 6.54 Å². The first-order valence-electron chi connectivity index (χ1n) is 6.71. The maximum absolute atomic E-state index is 12.5. The molecule has 0 N–H and O–H groups in total. The van der Waals surface area contributed by atoms with Gasteiger partial charge in [-0.25, -0.2) is 0 Å². The van der Waals surface area contributed by atoms with Gasteiger partial charge in [-0.1, -0.05) is 31.4 Å². The molecule has 0 atom stereocenters. The van der Waals surface area contributed by atoms with Gasteiger partial charge in [0.1, 0.15) is 5.69 Å². The molecule has 1 fully saturated rings. The Balaban J connectivity index is 1.85. The first-order chi connectivity index (χ1) is 8.71. The highest BCUT2D eigenvalue weighted by Gasteiger charge is 2.41. The van der Waals surface area contributed by atoms with E-state index < -0.39 is 0 Å². The zero-order valence-corrected chi connectivity index (χ0v) is 10.8. The lowest BCUT2D eigenvalue weighted by atomic mass is 9.81. The number of amides is 1. The van der Waals surface area contributed by atoms with Gasteiger partial charge in [0.15, 0.2) is 0 Å². The smallest absolute Gasteiger partial charge is 0.275 e. The topological polar surface area (TPSA) is 38.1 Å². The van der Waals surface area contributed by atoms with Gasteiger partial charge < -0.3 is 4.90 Å². The average molecular weight is 245 g/mol. The number of aryl methyl sites for hydroxylation is 1. The van der Waals surface area contributed by atoms with Crippen molar-refractivity contribution in [3.63, 3.8) is 0 Å². The Kier molecular flexibility index (Phi) is 2.73. The van der Waals surface area contributed by atoms with Crippen LogP contribution in [-0.4, -0.2) is 32.7 Å². The van der Waals surface area contributed by atoms with Gasteiger partial charge in [-0.2, -0.15) is 5.10 Å². The Hall–Kier alpha value is -1.58. The van der Waals surface area contributed by atoms with E-state index in [0.29, 0.717) is 5.69 Å². The molecule has 1 amide bonds. The summed E-state index contributed by atoms with van der Waals surface area (Å²) in [5.41, 5.74) is 0.540. The predicted molar refractivity (Wildman–Crippen MR) is 69.2 cm³/mol. The Bertz CT molecular complexity index is 483. The molecule has 0 radical (unpaired) electrons. The van der Waals surface area contributed by atoms with E-state index in [0.717, 1.165) is 19.4 Å². The van der Waals surface area contributed by atoms with E-state index in [1.54, 1.807) is 10.7 Å². The van der Waals surface area contributed by atoms with Crippen LogP contribution in [0, 0.1) is 0 Å². The fourth-order valence-corrected chi connectivity index (χ4v) is 3.20. The zero-order chi connectivity index (χ0) is 12.6. The Morgan fingerprint density at radius 2 is 2.11 bits per heavy atom. The molecule has 0 saturated heterocycles. The highest BCUT2D eigenvalue weighted by atomic mass is 16.2. The largest absolute Gasteiger partial charge is 0.324 e. The highest BCUT2D eigenvalue weighted by molar-refractivity contribution is 5.93. The number of hydrogen-bond donors (Lipinski definition) is 0. The Morgan fingerprint density at radius 3 is 2.78 bits per heavy atom. The molecule has 96 valence electrons. The summed E-state index contributed by atoms with van der Waals surface area (Å²) in [5, 5.41) is 4.23. The summed E-state index contributed by atoms with van der Waals surface area (Å²) in [5.74, 6) is 0.0718. The number of rotatable bonds is 1. The van der Waals surface area contributed by atoms with E-state index in [4.69, 9.17) is 0 Å². The molecule has 0 aromatic carbocycles. The minimum absolute atomic E-state index is 0.0210. The van der Waals surface area contributed by atoms with Crippen LogP contribution in [0.5, 0.6) is 0 Å². The third kappa shape index (κ3) is 1.76. The molecule has 4 nitrogen and oxygen atoms in total. The number of carbonyl (C=O) groups is 1. The van der Waals surface area contributed by atoms with Crippen LogP contribution in [0.3, 0.4) is 0 Å². The van der Waals surface area contributed by atoms with E-state index in [1.807, 2.05) is 18.1 Å². The van der Waals surface area contributed by atoms with E-state index in [-0.39, 0.29) is 11.4 Å². The van der Waals surface area contributed by atoms with Crippen LogP contribution in [0.25, 0.3) is 0 Å².